The summed E-state index contributed by atoms with van der Waals surface area (Å²) in [5.74, 6) is -1.03. The van der Waals surface area contributed by atoms with Crippen LogP contribution in [0.1, 0.15) is 19.4 Å². The summed E-state index contributed by atoms with van der Waals surface area (Å²) in [6.07, 6.45) is -1.35. The number of ether oxygens (including phenoxy) is 1. The molecule has 0 radical (unpaired) electrons. The number of hydrogen-bond acceptors (Lipinski definition) is 4. The van der Waals surface area contributed by atoms with Crippen molar-refractivity contribution < 1.29 is 19.4 Å². The van der Waals surface area contributed by atoms with Gasteiger partial charge in [-0.3, -0.25) is 4.79 Å². The first-order valence-corrected chi connectivity index (χ1v) is 5.99. The van der Waals surface area contributed by atoms with Gasteiger partial charge in [0.15, 0.2) is 6.10 Å². The Morgan fingerprint density at radius 1 is 1.32 bits per heavy atom. The monoisotopic (exact) mass is 265 g/mol. The molecule has 1 amide bonds. The normalized spacial score (nSPS) is 12.6. The van der Waals surface area contributed by atoms with Gasteiger partial charge in [-0.25, -0.2) is 4.79 Å². The number of aliphatic hydroxyl groups excluding tert-OH is 1. The molecular weight excluding hydrogens is 246 g/mol. The van der Waals surface area contributed by atoms with E-state index in [1.807, 2.05) is 30.3 Å². The van der Waals surface area contributed by atoms with Gasteiger partial charge in [0.2, 0.25) is 5.91 Å². The lowest BCUT2D eigenvalue weighted by Gasteiger charge is -2.24. The van der Waals surface area contributed by atoms with Crippen LogP contribution in [0.15, 0.2) is 30.3 Å². The quantitative estimate of drug-likeness (QED) is 0.765. The van der Waals surface area contributed by atoms with Crippen LogP contribution in [0, 0.1) is 0 Å². The van der Waals surface area contributed by atoms with Crippen molar-refractivity contribution in [1.82, 2.24) is 5.32 Å². The second-order valence-corrected chi connectivity index (χ2v) is 4.74. The van der Waals surface area contributed by atoms with Gasteiger partial charge in [-0.15, -0.1) is 0 Å². The number of esters is 1. The van der Waals surface area contributed by atoms with Gasteiger partial charge in [0, 0.05) is 0 Å². The third-order valence-electron chi connectivity index (χ3n) is 2.99. The van der Waals surface area contributed by atoms with Crippen LogP contribution < -0.4 is 5.32 Å². The minimum absolute atomic E-state index is 0.165. The Morgan fingerprint density at radius 3 is 2.42 bits per heavy atom. The Labute approximate surface area is 112 Å². The van der Waals surface area contributed by atoms with Crippen LogP contribution in [-0.2, 0) is 19.7 Å². The molecule has 5 nitrogen and oxygen atoms in total. The third-order valence-corrected chi connectivity index (χ3v) is 2.99. The number of amides is 1. The number of rotatable bonds is 5. The molecule has 0 bridgehead atoms. The molecule has 0 saturated heterocycles. The highest BCUT2D eigenvalue weighted by Gasteiger charge is 2.30. The molecular formula is C14H19NO4. The van der Waals surface area contributed by atoms with Crippen molar-refractivity contribution in [3.63, 3.8) is 0 Å². The van der Waals surface area contributed by atoms with Gasteiger partial charge < -0.3 is 15.2 Å². The Morgan fingerprint density at radius 2 is 1.89 bits per heavy atom. The first kappa shape index (κ1) is 15.2. The van der Waals surface area contributed by atoms with E-state index in [1.165, 1.54) is 7.11 Å². The third kappa shape index (κ3) is 3.79. The Balaban J connectivity index is 2.65. The summed E-state index contributed by atoms with van der Waals surface area (Å²) < 4.78 is 4.37. The lowest BCUT2D eigenvalue weighted by Crippen LogP contribution is -2.45. The van der Waals surface area contributed by atoms with E-state index in [-0.39, 0.29) is 12.5 Å². The number of aliphatic hydroxyl groups is 1. The van der Waals surface area contributed by atoms with Crippen LogP contribution in [0.3, 0.4) is 0 Å². The summed E-state index contributed by atoms with van der Waals surface area (Å²) >= 11 is 0. The molecule has 0 aromatic heterocycles. The molecule has 1 atom stereocenters. The fraction of sp³-hybridized carbons (Fsp3) is 0.429. The van der Waals surface area contributed by atoms with E-state index in [0.717, 1.165) is 5.56 Å². The zero-order valence-corrected chi connectivity index (χ0v) is 11.3. The Kier molecular flexibility index (Phi) is 5.06. The first-order valence-electron chi connectivity index (χ1n) is 5.99. The maximum Gasteiger partial charge on any atom is 0.336 e. The van der Waals surface area contributed by atoms with Gasteiger partial charge in [0.05, 0.1) is 19.1 Å². The van der Waals surface area contributed by atoms with Crippen molar-refractivity contribution in [2.45, 2.75) is 25.4 Å². The van der Waals surface area contributed by atoms with Crippen molar-refractivity contribution >= 4 is 11.9 Å². The molecule has 0 fully saturated rings. The maximum absolute atomic E-state index is 12.1. The van der Waals surface area contributed by atoms with E-state index in [9.17, 15) is 14.7 Å². The molecule has 1 rings (SSSR count). The SMILES string of the molecule is COC(=O)C(O)CNC(=O)C(C)(C)c1ccccc1. The van der Waals surface area contributed by atoms with Crippen LogP contribution in [0.4, 0.5) is 0 Å². The van der Waals surface area contributed by atoms with Gasteiger partial charge in [0.1, 0.15) is 0 Å². The van der Waals surface area contributed by atoms with Crippen molar-refractivity contribution in [1.29, 1.82) is 0 Å². The number of methoxy groups -OCH3 is 1. The van der Waals surface area contributed by atoms with E-state index in [2.05, 4.69) is 10.1 Å². The molecule has 1 aromatic rings. The fourth-order valence-electron chi connectivity index (χ4n) is 1.62. The molecule has 104 valence electrons. The molecule has 0 aliphatic heterocycles. The molecule has 1 unspecified atom stereocenters. The van der Waals surface area contributed by atoms with Gasteiger partial charge in [0.25, 0.3) is 0 Å². The molecule has 2 N–H and O–H groups in total. The van der Waals surface area contributed by atoms with Crippen molar-refractivity contribution in [3.05, 3.63) is 35.9 Å². The standard InChI is InChI=1S/C14H19NO4/c1-14(2,10-7-5-4-6-8-10)13(18)15-9-11(16)12(17)19-3/h4-8,11,16H,9H2,1-3H3,(H,15,18). The molecule has 1 aromatic carbocycles. The zero-order valence-electron chi connectivity index (χ0n) is 11.3. The first-order chi connectivity index (χ1) is 8.89. The minimum atomic E-state index is -1.35. The smallest absolute Gasteiger partial charge is 0.336 e. The average molecular weight is 265 g/mol. The lowest BCUT2D eigenvalue weighted by atomic mass is 9.84. The summed E-state index contributed by atoms with van der Waals surface area (Å²) in [6, 6.07) is 9.30. The van der Waals surface area contributed by atoms with E-state index in [1.54, 1.807) is 13.8 Å². The van der Waals surface area contributed by atoms with Crippen LogP contribution >= 0.6 is 0 Å². The molecule has 0 spiro atoms. The summed E-state index contributed by atoms with van der Waals surface area (Å²) in [7, 11) is 1.18. The second kappa shape index (κ2) is 6.33. The highest BCUT2D eigenvalue weighted by molar-refractivity contribution is 5.87. The second-order valence-electron chi connectivity index (χ2n) is 4.74. The zero-order chi connectivity index (χ0) is 14.5. The number of hydrogen-bond donors (Lipinski definition) is 2. The predicted molar refractivity (Wildman–Crippen MR) is 70.5 cm³/mol. The molecule has 0 saturated carbocycles. The summed E-state index contributed by atoms with van der Waals surface area (Å²) in [6.45, 7) is 3.39. The average Bonchev–Trinajstić information content (AvgIpc) is 2.44. The van der Waals surface area contributed by atoms with Crippen molar-refractivity contribution in [3.8, 4) is 0 Å². The van der Waals surface area contributed by atoms with Gasteiger partial charge in [-0.1, -0.05) is 30.3 Å². The van der Waals surface area contributed by atoms with E-state index in [0.29, 0.717) is 0 Å². The molecule has 0 heterocycles. The van der Waals surface area contributed by atoms with Crippen molar-refractivity contribution in [2.75, 3.05) is 13.7 Å². The number of carbonyl (C=O) groups excluding carboxylic acids is 2. The highest BCUT2D eigenvalue weighted by atomic mass is 16.5. The van der Waals surface area contributed by atoms with Crippen molar-refractivity contribution in [2.24, 2.45) is 0 Å². The van der Waals surface area contributed by atoms with E-state index >= 15 is 0 Å². The van der Waals surface area contributed by atoms with Gasteiger partial charge in [-0.2, -0.15) is 0 Å². The number of carbonyl (C=O) groups is 2. The van der Waals surface area contributed by atoms with Gasteiger partial charge in [-0.05, 0) is 19.4 Å². The molecule has 5 heteroatoms. The molecule has 0 aliphatic rings. The minimum Gasteiger partial charge on any atom is -0.467 e. The Hall–Kier alpha value is -1.88. The predicted octanol–water partition coefficient (Wildman–Crippen LogP) is 0.614. The van der Waals surface area contributed by atoms with Gasteiger partial charge >= 0.3 is 5.97 Å². The van der Waals surface area contributed by atoms with Crippen LogP contribution in [0.2, 0.25) is 0 Å². The summed E-state index contributed by atoms with van der Waals surface area (Å²) in [5, 5.41) is 12.0. The van der Waals surface area contributed by atoms with Crippen LogP contribution in [0.25, 0.3) is 0 Å². The fourth-order valence-corrected chi connectivity index (χ4v) is 1.62. The Bertz CT molecular complexity index is 442. The van der Waals surface area contributed by atoms with E-state index < -0.39 is 17.5 Å². The van der Waals surface area contributed by atoms with E-state index in [4.69, 9.17) is 0 Å². The number of benzene rings is 1. The highest BCUT2D eigenvalue weighted by Crippen LogP contribution is 2.22. The largest absolute Gasteiger partial charge is 0.467 e. The summed E-state index contributed by atoms with van der Waals surface area (Å²) in [5.41, 5.74) is 0.122. The molecule has 19 heavy (non-hydrogen) atoms. The maximum atomic E-state index is 12.1. The summed E-state index contributed by atoms with van der Waals surface area (Å²) in [4.78, 5) is 23.1. The number of nitrogens with one attached hydrogen (secondary N) is 1. The van der Waals surface area contributed by atoms with Crippen LogP contribution in [-0.4, -0.2) is 36.7 Å². The lowest BCUT2D eigenvalue weighted by molar-refractivity contribution is -0.150. The topological polar surface area (TPSA) is 75.6 Å². The van der Waals surface area contributed by atoms with Crippen LogP contribution in [0.5, 0.6) is 0 Å². The molecule has 0 aliphatic carbocycles.